The van der Waals surface area contributed by atoms with Gasteiger partial charge in [-0.05, 0) is 25.5 Å². The minimum Gasteiger partial charge on any atom is -0.481 e. The molecular formula is C14H16N2O5. The van der Waals surface area contributed by atoms with E-state index in [4.69, 9.17) is 13.9 Å². The van der Waals surface area contributed by atoms with Crippen LogP contribution in [0, 0.1) is 6.92 Å². The van der Waals surface area contributed by atoms with Crippen molar-refractivity contribution in [3.8, 4) is 11.7 Å². The number of aromatic nitrogens is 1. The molecule has 0 aromatic carbocycles. The molecule has 0 bridgehead atoms. The summed E-state index contributed by atoms with van der Waals surface area (Å²) in [5.41, 5.74) is 0.539. The third-order valence-corrected chi connectivity index (χ3v) is 2.84. The molecule has 0 aliphatic rings. The van der Waals surface area contributed by atoms with Gasteiger partial charge in [-0.25, -0.2) is 4.98 Å². The first kappa shape index (κ1) is 14.8. The Morgan fingerprint density at radius 1 is 1.43 bits per heavy atom. The third kappa shape index (κ3) is 4.20. The molecule has 7 nitrogen and oxygen atoms in total. The summed E-state index contributed by atoms with van der Waals surface area (Å²) in [5, 5.41) is 11.1. The second kappa shape index (κ2) is 6.74. The average Bonchev–Trinajstić information content (AvgIpc) is 3.05. The molecule has 0 spiro atoms. The molecule has 0 aliphatic carbocycles. The number of oxazole rings is 1. The van der Waals surface area contributed by atoms with Crippen molar-refractivity contribution in [3.05, 3.63) is 29.9 Å². The summed E-state index contributed by atoms with van der Waals surface area (Å²) in [4.78, 5) is 26.3. The van der Waals surface area contributed by atoms with Crippen LogP contribution in [-0.2, 0) is 16.0 Å². The molecule has 2 heterocycles. The van der Waals surface area contributed by atoms with Gasteiger partial charge in [0.15, 0.2) is 5.76 Å². The maximum atomic E-state index is 11.7. The zero-order valence-corrected chi connectivity index (χ0v) is 11.6. The predicted molar refractivity (Wildman–Crippen MR) is 72.5 cm³/mol. The fourth-order valence-electron chi connectivity index (χ4n) is 1.78. The van der Waals surface area contributed by atoms with Crippen LogP contribution in [0.4, 0.5) is 0 Å². The van der Waals surface area contributed by atoms with Gasteiger partial charge in [0.1, 0.15) is 5.76 Å². The highest BCUT2D eigenvalue weighted by Crippen LogP contribution is 2.22. The van der Waals surface area contributed by atoms with Crippen molar-refractivity contribution >= 4 is 11.9 Å². The smallest absolute Gasteiger partial charge is 0.303 e. The molecular weight excluding hydrogens is 276 g/mol. The fourth-order valence-corrected chi connectivity index (χ4v) is 1.78. The van der Waals surface area contributed by atoms with Crippen LogP contribution in [0.15, 0.2) is 27.2 Å². The monoisotopic (exact) mass is 292 g/mol. The second-order valence-corrected chi connectivity index (χ2v) is 4.52. The maximum Gasteiger partial charge on any atom is 0.303 e. The van der Waals surface area contributed by atoms with Gasteiger partial charge in [0, 0.05) is 13.0 Å². The van der Waals surface area contributed by atoms with E-state index in [1.165, 1.54) is 6.26 Å². The highest BCUT2D eigenvalue weighted by Gasteiger charge is 2.15. The molecule has 1 amide bonds. The molecule has 7 heteroatoms. The van der Waals surface area contributed by atoms with E-state index in [1.54, 1.807) is 19.1 Å². The average molecular weight is 292 g/mol. The predicted octanol–water partition coefficient (Wildman–Crippen LogP) is 1.77. The Labute approximate surface area is 121 Å². The molecule has 2 rings (SSSR count). The van der Waals surface area contributed by atoms with Gasteiger partial charge in [-0.2, -0.15) is 0 Å². The quantitative estimate of drug-likeness (QED) is 0.753. The van der Waals surface area contributed by atoms with Gasteiger partial charge in [-0.1, -0.05) is 0 Å². The summed E-state index contributed by atoms with van der Waals surface area (Å²) in [6.45, 7) is 2.06. The lowest BCUT2D eigenvalue weighted by atomic mass is 10.2. The molecule has 0 aliphatic heterocycles. The Morgan fingerprint density at radius 3 is 2.90 bits per heavy atom. The van der Waals surface area contributed by atoms with E-state index >= 15 is 0 Å². The lowest BCUT2D eigenvalue weighted by Crippen LogP contribution is -2.26. The van der Waals surface area contributed by atoms with Crippen molar-refractivity contribution in [1.29, 1.82) is 0 Å². The molecule has 0 radical (unpaired) electrons. The number of carbonyl (C=O) groups excluding carboxylic acids is 1. The number of aliphatic carboxylic acids is 1. The van der Waals surface area contributed by atoms with Crippen LogP contribution in [0.1, 0.15) is 24.3 Å². The number of nitrogens with zero attached hydrogens (tertiary/aromatic N) is 1. The van der Waals surface area contributed by atoms with Gasteiger partial charge in [0.25, 0.3) is 5.89 Å². The van der Waals surface area contributed by atoms with E-state index in [2.05, 4.69) is 10.3 Å². The summed E-state index contributed by atoms with van der Waals surface area (Å²) in [6, 6.07) is 3.45. The summed E-state index contributed by atoms with van der Waals surface area (Å²) in [7, 11) is 0. The molecule has 0 fully saturated rings. The number of nitrogens with one attached hydrogen (secondary N) is 1. The molecule has 21 heavy (non-hydrogen) atoms. The second-order valence-electron chi connectivity index (χ2n) is 4.52. The first-order valence-corrected chi connectivity index (χ1v) is 6.55. The minimum atomic E-state index is -0.875. The van der Waals surface area contributed by atoms with Crippen LogP contribution in [0.2, 0.25) is 0 Å². The number of furan rings is 1. The van der Waals surface area contributed by atoms with E-state index < -0.39 is 5.97 Å². The summed E-state index contributed by atoms with van der Waals surface area (Å²) in [5.74, 6) is 0.307. The lowest BCUT2D eigenvalue weighted by molar-refractivity contribution is -0.137. The number of rotatable bonds is 7. The molecule has 2 aromatic rings. The first-order chi connectivity index (χ1) is 10.1. The maximum absolute atomic E-state index is 11.7. The molecule has 2 N–H and O–H groups in total. The summed E-state index contributed by atoms with van der Waals surface area (Å²) >= 11 is 0. The van der Waals surface area contributed by atoms with Gasteiger partial charge in [0.05, 0.1) is 18.4 Å². The largest absolute Gasteiger partial charge is 0.481 e. The van der Waals surface area contributed by atoms with Crippen LogP contribution in [0.3, 0.4) is 0 Å². The Morgan fingerprint density at radius 2 is 2.24 bits per heavy atom. The van der Waals surface area contributed by atoms with Crippen molar-refractivity contribution in [1.82, 2.24) is 10.3 Å². The first-order valence-electron chi connectivity index (χ1n) is 6.55. The number of carbonyl (C=O) groups is 2. The van der Waals surface area contributed by atoms with Gasteiger partial charge in [-0.15, -0.1) is 0 Å². The van der Waals surface area contributed by atoms with Crippen LogP contribution in [0.5, 0.6) is 0 Å². The molecule has 112 valence electrons. The van der Waals surface area contributed by atoms with E-state index in [0.29, 0.717) is 36.1 Å². The normalized spacial score (nSPS) is 10.5. The van der Waals surface area contributed by atoms with Crippen molar-refractivity contribution in [3.63, 3.8) is 0 Å². The van der Waals surface area contributed by atoms with Crippen LogP contribution >= 0.6 is 0 Å². The molecule has 0 unspecified atom stereocenters. The SMILES string of the molecule is Cc1oc(-c2ccco2)nc1CC(=O)NCCCC(=O)O. The van der Waals surface area contributed by atoms with Crippen LogP contribution < -0.4 is 5.32 Å². The van der Waals surface area contributed by atoms with E-state index in [0.717, 1.165) is 0 Å². The minimum absolute atomic E-state index is 0.0336. The zero-order chi connectivity index (χ0) is 15.2. The molecule has 2 aromatic heterocycles. The van der Waals surface area contributed by atoms with Gasteiger partial charge in [0.2, 0.25) is 5.91 Å². The van der Waals surface area contributed by atoms with Crippen LogP contribution in [0.25, 0.3) is 11.7 Å². The molecule has 0 atom stereocenters. The number of amides is 1. The highest BCUT2D eigenvalue weighted by atomic mass is 16.4. The van der Waals surface area contributed by atoms with Crippen molar-refractivity contribution in [2.75, 3.05) is 6.54 Å². The van der Waals surface area contributed by atoms with Crippen molar-refractivity contribution in [2.24, 2.45) is 0 Å². The number of aryl methyl sites for hydroxylation is 1. The van der Waals surface area contributed by atoms with Gasteiger partial charge < -0.3 is 19.3 Å². The summed E-state index contributed by atoms with van der Waals surface area (Å²) < 4.78 is 10.6. The van der Waals surface area contributed by atoms with Crippen molar-refractivity contribution < 1.29 is 23.5 Å². The Balaban J connectivity index is 1.88. The van der Waals surface area contributed by atoms with E-state index in [9.17, 15) is 9.59 Å². The highest BCUT2D eigenvalue weighted by molar-refractivity contribution is 5.78. The molecule has 0 saturated heterocycles. The molecule has 0 saturated carbocycles. The number of hydrogen-bond donors (Lipinski definition) is 2. The van der Waals surface area contributed by atoms with Crippen molar-refractivity contribution in [2.45, 2.75) is 26.2 Å². The van der Waals surface area contributed by atoms with E-state index in [-0.39, 0.29) is 18.7 Å². The van der Waals surface area contributed by atoms with Crippen LogP contribution in [-0.4, -0.2) is 28.5 Å². The number of hydrogen-bond acceptors (Lipinski definition) is 5. The van der Waals surface area contributed by atoms with E-state index in [1.807, 2.05) is 0 Å². The lowest BCUT2D eigenvalue weighted by Gasteiger charge is -2.02. The number of carboxylic acids is 1. The third-order valence-electron chi connectivity index (χ3n) is 2.84. The van der Waals surface area contributed by atoms with Gasteiger partial charge in [-0.3, -0.25) is 9.59 Å². The van der Waals surface area contributed by atoms with Gasteiger partial charge >= 0.3 is 5.97 Å². The topological polar surface area (TPSA) is 106 Å². The Kier molecular flexibility index (Phi) is 4.76. The number of carboxylic acid groups (broad SMARTS) is 1. The zero-order valence-electron chi connectivity index (χ0n) is 11.6. The summed E-state index contributed by atoms with van der Waals surface area (Å²) in [6.07, 6.45) is 2.04. The standard InChI is InChI=1S/C14H16N2O5/c1-9-10(8-12(17)15-6-2-5-13(18)19)16-14(21-9)11-4-3-7-20-11/h3-4,7H,2,5-6,8H2,1H3,(H,15,17)(H,18,19). The Hall–Kier alpha value is -2.57. The fraction of sp³-hybridized carbons (Fsp3) is 0.357. The Bertz CT molecular complexity index is 615.